The van der Waals surface area contributed by atoms with Crippen molar-refractivity contribution in [2.24, 2.45) is 0 Å². The predicted octanol–water partition coefficient (Wildman–Crippen LogP) is 3.23. The van der Waals surface area contributed by atoms with E-state index in [1.807, 2.05) is 18.4 Å². The number of carbonyl (C=O) groups is 2. The van der Waals surface area contributed by atoms with Gasteiger partial charge in [-0.15, -0.1) is 0 Å². The van der Waals surface area contributed by atoms with E-state index in [2.05, 4.69) is 5.32 Å². The summed E-state index contributed by atoms with van der Waals surface area (Å²) in [6.07, 6.45) is -1.14. The van der Waals surface area contributed by atoms with Crippen molar-refractivity contribution in [3.8, 4) is 5.75 Å². The third kappa shape index (κ3) is 4.30. The number of aryl methyl sites for hydroxylation is 1. The summed E-state index contributed by atoms with van der Waals surface area (Å²) in [5, 5.41) is 13.6. The van der Waals surface area contributed by atoms with Gasteiger partial charge in [0.05, 0.1) is 23.7 Å². The van der Waals surface area contributed by atoms with Gasteiger partial charge in [-0.3, -0.25) is 14.9 Å². The number of aromatic nitrogens is 1. The van der Waals surface area contributed by atoms with E-state index >= 15 is 0 Å². The summed E-state index contributed by atoms with van der Waals surface area (Å²) >= 11 is 0. The van der Waals surface area contributed by atoms with Crippen molar-refractivity contribution in [3.63, 3.8) is 0 Å². The molecule has 1 heterocycles. The summed E-state index contributed by atoms with van der Waals surface area (Å²) in [4.78, 5) is 35.4. The minimum absolute atomic E-state index is 0.0112. The second kappa shape index (κ2) is 8.55. The van der Waals surface area contributed by atoms with Crippen LogP contribution in [0.15, 0.2) is 24.3 Å². The molecule has 0 unspecified atom stereocenters. The molecule has 1 amide bonds. The van der Waals surface area contributed by atoms with Gasteiger partial charge in [-0.05, 0) is 45.9 Å². The Labute approximate surface area is 162 Å². The smallest absolute Gasteiger partial charge is 0.340 e. The van der Waals surface area contributed by atoms with Crippen LogP contribution in [0.4, 0.5) is 11.4 Å². The van der Waals surface area contributed by atoms with Crippen LogP contribution >= 0.6 is 0 Å². The van der Waals surface area contributed by atoms with Gasteiger partial charge in [0.2, 0.25) is 0 Å². The Bertz CT molecular complexity index is 919. The summed E-state index contributed by atoms with van der Waals surface area (Å²) in [5.41, 5.74) is 1.72. The average molecular weight is 389 g/mol. The second-order valence-electron chi connectivity index (χ2n) is 6.21. The van der Waals surface area contributed by atoms with Gasteiger partial charge >= 0.3 is 5.97 Å². The topological polar surface area (TPSA) is 113 Å². The Morgan fingerprint density at radius 2 is 1.96 bits per heavy atom. The van der Waals surface area contributed by atoms with Gasteiger partial charge in [0.25, 0.3) is 11.6 Å². The molecule has 0 fully saturated rings. The summed E-state index contributed by atoms with van der Waals surface area (Å²) in [6, 6.07) is 5.75. The minimum Gasteiger partial charge on any atom is -0.496 e. The third-order valence-electron chi connectivity index (χ3n) is 4.42. The fraction of sp³-hybridized carbons (Fsp3) is 0.368. The zero-order chi connectivity index (χ0) is 21.0. The molecule has 0 radical (unpaired) electrons. The molecule has 0 saturated heterocycles. The molecule has 150 valence electrons. The summed E-state index contributed by atoms with van der Waals surface area (Å²) in [7, 11) is 1.38. The molecule has 0 spiro atoms. The van der Waals surface area contributed by atoms with E-state index in [1.165, 1.54) is 32.2 Å². The molecule has 1 aromatic carbocycles. The number of nitro benzene ring substituents is 1. The Morgan fingerprint density at radius 1 is 1.29 bits per heavy atom. The van der Waals surface area contributed by atoms with Gasteiger partial charge in [-0.2, -0.15) is 0 Å². The molecule has 0 aliphatic heterocycles. The Morgan fingerprint density at radius 3 is 2.50 bits per heavy atom. The SMILES string of the molecule is CCn1c(C)cc(C(=O)O[C@H](C)C(=O)Nc2ccc(OC)cc2[N+](=O)[O-])c1C. The van der Waals surface area contributed by atoms with Crippen molar-refractivity contribution >= 4 is 23.3 Å². The van der Waals surface area contributed by atoms with Crippen LogP contribution in [-0.4, -0.2) is 34.6 Å². The fourth-order valence-electron chi connectivity index (χ4n) is 2.90. The fourth-order valence-corrected chi connectivity index (χ4v) is 2.90. The van der Waals surface area contributed by atoms with Gasteiger partial charge in [-0.1, -0.05) is 0 Å². The van der Waals surface area contributed by atoms with Crippen LogP contribution in [-0.2, 0) is 16.1 Å². The van der Waals surface area contributed by atoms with Crippen LogP contribution in [0.25, 0.3) is 0 Å². The molecule has 1 atom stereocenters. The molecular weight excluding hydrogens is 366 g/mol. The molecule has 2 rings (SSSR count). The first-order valence-corrected chi connectivity index (χ1v) is 8.70. The second-order valence-corrected chi connectivity index (χ2v) is 6.21. The molecule has 9 nitrogen and oxygen atoms in total. The average Bonchev–Trinajstić information content (AvgIpc) is 2.95. The number of esters is 1. The number of nitrogens with zero attached hydrogens (tertiary/aromatic N) is 2. The molecule has 1 aromatic heterocycles. The maximum Gasteiger partial charge on any atom is 0.340 e. The zero-order valence-corrected chi connectivity index (χ0v) is 16.4. The number of rotatable bonds is 7. The highest BCUT2D eigenvalue weighted by Gasteiger charge is 2.24. The minimum atomic E-state index is -1.14. The summed E-state index contributed by atoms with van der Waals surface area (Å²) < 4.78 is 12.2. The number of methoxy groups -OCH3 is 1. The number of anilines is 1. The van der Waals surface area contributed by atoms with Crippen LogP contribution in [0.3, 0.4) is 0 Å². The lowest BCUT2D eigenvalue weighted by atomic mass is 10.2. The molecule has 9 heteroatoms. The quantitative estimate of drug-likeness (QED) is 0.442. The maximum atomic E-state index is 12.4. The lowest BCUT2D eigenvalue weighted by Gasteiger charge is -2.14. The Balaban J connectivity index is 2.13. The number of amides is 1. The number of ether oxygens (including phenoxy) is 2. The van der Waals surface area contributed by atoms with Crippen LogP contribution in [0.2, 0.25) is 0 Å². The van der Waals surface area contributed by atoms with Crippen LogP contribution in [0.1, 0.15) is 35.6 Å². The number of benzene rings is 1. The van der Waals surface area contributed by atoms with Crippen molar-refractivity contribution in [3.05, 3.63) is 51.3 Å². The largest absolute Gasteiger partial charge is 0.496 e. The molecule has 28 heavy (non-hydrogen) atoms. The van der Waals surface area contributed by atoms with E-state index in [1.54, 1.807) is 13.0 Å². The molecule has 0 bridgehead atoms. The maximum absolute atomic E-state index is 12.4. The highest BCUT2D eigenvalue weighted by Crippen LogP contribution is 2.29. The van der Waals surface area contributed by atoms with Gasteiger partial charge in [-0.25, -0.2) is 4.79 Å². The summed E-state index contributed by atoms with van der Waals surface area (Å²) in [6.45, 7) is 7.77. The number of nitrogens with one attached hydrogen (secondary N) is 1. The molecular formula is C19H23N3O6. The first-order valence-electron chi connectivity index (χ1n) is 8.70. The molecule has 2 aromatic rings. The van der Waals surface area contributed by atoms with E-state index in [-0.39, 0.29) is 17.1 Å². The van der Waals surface area contributed by atoms with E-state index in [4.69, 9.17) is 9.47 Å². The Kier molecular flexibility index (Phi) is 6.40. The standard InChI is InChI=1S/C19H23N3O6/c1-6-21-11(2)9-15(12(21)3)19(24)28-13(4)18(23)20-16-8-7-14(27-5)10-17(16)22(25)26/h7-10,13H,6H2,1-5H3,(H,20,23)/t13-/m1/s1. The number of hydrogen-bond acceptors (Lipinski definition) is 6. The monoisotopic (exact) mass is 389 g/mol. The number of carbonyl (C=O) groups excluding carboxylic acids is 2. The van der Waals surface area contributed by atoms with Gasteiger partial charge < -0.3 is 19.4 Å². The lowest BCUT2D eigenvalue weighted by Crippen LogP contribution is -2.30. The van der Waals surface area contributed by atoms with E-state index in [9.17, 15) is 19.7 Å². The first-order chi connectivity index (χ1) is 13.2. The van der Waals surface area contributed by atoms with Gasteiger partial charge in [0.1, 0.15) is 11.4 Å². The Hall–Kier alpha value is -3.36. The van der Waals surface area contributed by atoms with E-state index < -0.39 is 22.9 Å². The normalized spacial score (nSPS) is 11.6. The lowest BCUT2D eigenvalue weighted by molar-refractivity contribution is -0.384. The van der Waals surface area contributed by atoms with E-state index in [0.29, 0.717) is 12.1 Å². The molecule has 0 saturated carbocycles. The van der Waals surface area contributed by atoms with Crippen LogP contribution < -0.4 is 10.1 Å². The zero-order valence-electron chi connectivity index (χ0n) is 16.4. The van der Waals surface area contributed by atoms with Crippen molar-refractivity contribution in [1.29, 1.82) is 0 Å². The number of hydrogen-bond donors (Lipinski definition) is 1. The van der Waals surface area contributed by atoms with Crippen LogP contribution in [0.5, 0.6) is 5.75 Å². The highest BCUT2D eigenvalue weighted by molar-refractivity contribution is 5.99. The molecule has 1 N–H and O–H groups in total. The predicted molar refractivity (Wildman–Crippen MR) is 103 cm³/mol. The van der Waals surface area contributed by atoms with Crippen molar-refractivity contribution in [2.75, 3.05) is 12.4 Å². The third-order valence-corrected chi connectivity index (χ3v) is 4.42. The van der Waals surface area contributed by atoms with Gasteiger partial charge in [0.15, 0.2) is 6.10 Å². The van der Waals surface area contributed by atoms with Crippen molar-refractivity contribution in [2.45, 2.75) is 40.3 Å². The highest BCUT2D eigenvalue weighted by atomic mass is 16.6. The van der Waals surface area contributed by atoms with Crippen LogP contribution in [0, 0.1) is 24.0 Å². The molecule has 0 aliphatic carbocycles. The summed E-state index contributed by atoms with van der Waals surface area (Å²) in [5.74, 6) is -1.01. The molecule has 0 aliphatic rings. The first kappa shape index (κ1) is 20.9. The van der Waals surface area contributed by atoms with Crippen molar-refractivity contribution in [1.82, 2.24) is 4.57 Å². The van der Waals surface area contributed by atoms with Crippen molar-refractivity contribution < 1.29 is 24.0 Å². The van der Waals surface area contributed by atoms with Gasteiger partial charge in [0, 0.05) is 17.9 Å². The van der Waals surface area contributed by atoms with E-state index in [0.717, 1.165) is 11.4 Å². The number of nitro groups is 1.